The Balaban J connectivity index is 1.80. The van der Waals surface area contributed by atoms with Crippen molar-refractivity contribution in [3.63, 3.8) is 0 Å². The van der Waals surface area contributed by atoms with Crippen LogP contribution in [-0.4, -0.2) is 28.9 Å². The summed E-state index contributed by atoms with van der Waals surface area (Å²) >= 11 is 7.67. The molecule has 3 nitrogen and oxygen atoms in total. The molecule has 2 aromatic heterocycles. The van der Waals surface area contributed by atoms with Crippen molar-refractivity contribution in [3.8, 4) is 0 Å². The van der Waals surface area contributed by atoms with Gasteiger partial charge in [-0.15, -0.1) is 22.9 Å². The van der Waals surface area contributed by atoms with Crippen LogP contribution >= 0.6 is 22.9 Å². The lowest BCUT2D eigenvalue weighted by Gasteiger charge is -2.34. The van der Waals surface area contributed by atoms with Gasteiger partial charge < -0.3 is 4.90 Å². The Morgan fingerprint density at radius 1 is 1.47 bits per heavy atom. The van der Waals surface area contributed by atoms with Crippen LogP contribution in [0.5, 0.6) is 0 Å². The first-order valence-electron chi connectivity index (χ1n) is 5.77. The Morgan fingerprint density at radius 2 is 2.29 bits per heavy atom. The number of rotatable bonds is 3. The van der Waals surface area contributed by atoms with Crippen LogP contribution in [-0.2, 0) is 0 Å². The number of alkyl halides is 1. The van der Waals surface area contributed by atoms with Gasteiger partial charge in [0.1, 0.15) is 17.0 Å². The molecule has 0 radical (unpaired) electrons. The van der Waals surface area contributed by atoms with Gasteiger partial charge in [-0.3, -0.25) is 0 Å². The summed E-state index contributed by atoms with van der Waals surface area (Å²) in [5.74, 6) is 1.75. The molecule has 0 unspecified atom stereocenters. The first-order valence-corrected chi connectivity index (χ1v) is 7.09. The van der Waals surface area contributed by atoms with Gasteiger partial charge in [0, 0.05) is 19.0 Å². The highest BCUT2D eigenvalue weighted by atomic mass is 35.5. The quantitative estimate of drug-likeness (QED) is 0.800. The SMILES string of the molecule is CN(CC1CC(Cl)C1)c1ncnc2sccc12. The molecule has 1 saturated carbocycles. The zero-order chi connectivity index (χ0) is 11.8. The van der Waals surface area contributed by atoms with Crippen molar-refractivity contribution in [3.05, 3.63) is 17.8 Å². The minimum Gasteiger partial charge on any atom is -0.359 e. The van der Waals surface area contributed by atoms with Crippen molar-refractivity contribution < 1.29 is 0 Å². The summed E-state index contributed by atoms with van der Waals surface area (Å²) in [4.78, 5) is 12.0. The second-order valence-corrected chi connectivity index (χ2v) is 6.16. The van der Waals surface area contributed by atoms with Crippen LogP contribution in [0.4, 0.5) is 5.82 Å². The van der Waals surface area contributed by atoms with E-state index in [1.165, 1.54) is 0 Å². The van der Waals surface area contributed by atoms with Crippen molar-refractivity contribution in [2.24, 2.45) is 5.92 Å². The van der Waals surface area contributed by atoms with E-state index in [4.69, 9.17) is 11.6 Å². The highest BCUT2D eigenvalue weighted by Crippen LogP contribution is 2.34. The number of anilines is 1. The van der Waals surface area contributed by atoms with E-state index in [2.05, 4.69) is 33.4 Å². The normalized spacial score (nSPS) is 23.6. The number of fused-ring (bicyclic) bond motifs is 1. The molecule has 0 aliphatic heterocycles. The molecule has 1 aliphatic carbocycles. The van der Waals surface area contributed by atoms with E-state index < -0.39 is 0 Å². The van der Waals surface area contributed by atoms with Crippen LogP contribution in [0.15, 0.2) is 17.8 Å². The smallest absolute Gasteiger partial charge is 0.140 e. The van der Waals surface area contributed by atoms with Crippen LogP contribution in [0, 0.1) is 5.92 Å². The lowest BCUT2D eigenvalue weighted by molar-refractivity contribution is 0.329. The summed E-state index contributed by atoms with van der Waals surface area (Å²) in [6.45, 7) is 1.03. The van der Waals surface area contributed by atoms with E-state index in [0.717, 1.165) is 35.4 Å². The van der Waals surface area contributed by atoms with Gasteiger partial charge in [-0.05, 0) is 30.2 Å². The minimum atomic E-state index is 0.389. The highest BCUT2D eigenvalue weighted by molar-refractivity contribution is 7.16. The summed E-state index contributed by atoms with van der Waals surface area (Å²) in [7, 11) is 2.10. The largest absolute Gasteiger partial charge is 0.359 e. The minimum absolute atomic E-state index is 0.389. The third-order valence-electron chi connectivity index (χ3n) is 3.31. The molecular formula is C12H14ClN3S. The van der Waals surface area contributed by atoms with Gasteiger partial charge in [-0.1, -0.05) is 0 Å². The molecule has 3 rings (SSSR count). The summed E-state index contributed by atoms with van der Waals surface area (Å²) in [5, 5.41) is 3.61. The topological polar surface area (TPSA) is 29.0 Å². The van der Waals surface area contributed by atoms with Crippen molar-refractivity contribution >= 4 is 39.0 Å². The molecule has 1 aliphatic rings. The third kappa shape index (κ3) is 2.11. The molecule has 0 aromatic carbocycles. The van der Waals surface area contributed by atoms with Gasteiger partial charge in [0.05, 0.1) is 5.39 Å². The second kappa shape index (κ2) is 4.42. The maximum Gasteiger partial charge on any atom is 0.140 e. The second-order valence-electron chi connectivity index (χ2n) is 4.65. The summed E-state index contributed by atoms with van der Waals surface area (Å²) < 4.78 is 0. The zero-order valence-corrected chi connectivity index (χ0v) is 11.2. The highest BCUT2D eigenvalue weighted by Gasteiger charge is 2.28. The molecule has 2 aromatic rings. The average Bonchev–Trinajstić information content (AvgIpc) is 2.74. The number of hydrogen-bond acceptors (Lipinski definition) is 4. The number of nitrogens with zero attached hydrogens (tertiary/aromatic N) is 3. The lowest BCUT2D eigenvalue weighted by atomic mass is 9.84. The fraction of sp³-hybridized carbons (Fsp3) is 0.500. The Bertz CT molecular complexity index is 521. The Morgan fingerprint density at radius 3 is 3.06 bits per heavy atom. The summed E-state index contributed by atoms with van der Waals surface area (Å²) in [6.07, 6.45) is 3.91. The van der Waals surface area contributed by atoms with Crippen LogP contribution in [0.1, 0.15) is 12.8 Å². The number of halogens is 1. The molecule has 0 spiro atoms. The molecule has 2 heterocycles. The van der Waals surface area contributed by atoms with Gasteiger partial charge >= 0.3 is 0 Å². The Labute approximate surface area is 109 Å². The predicted octanol–water partition coefficient (Wildman–Crippen LogP) is 3.14. The van der Waals surface area contributed by atoms with Crippen LogP contribution in [0.2, 0.25) is 0 Å². The fourth-order valence-corrected chi connectivity index (χ4v) is 3.59. The number of aromatic nitrogens is 2. The first-order chi connectivity index (χ1) is 8.24. The van der Waals surface area contributed by atoms with Gasteiger partial charge in [0.15, 0.2) is 0 Å². The van der Waals surface area contributed by atoms with E-state index in [0.29, 0.717) is 11.3 Å². The van der Waals surface area contributed by atoms with Crippen molar-refractivity contribution in [2.75, 3.05) is 18.5 Å². The zero-order valence-electron chi connectivity index (χ0n) is 9.64. The van der Waals surface area contributed by atoms with Crippen molar-refractivity contribution in [2.45, 2.75) is 18.2 Å². The molecule has 0 bridgehead atoms. The van der Waals surface area contributed by atoms with Crippen LogP contribution < -0.4 is 4.90 Å². The van der Waals surface area contributed by atoms with E-state index in [1.807, 2.05) is 0 Å². The molecular weight excluding hydrogens is 254 g/mol. The molecule has 0 N–H and O–H groups in total. The first kappa shape index (κ1) is 11.2. The Hall–Kier alpha value is -0.870. The van der Waals surface area contributed by atoms with E-state index in [-0.39, 0.29) is 0 Å². The van der Waals surface area contributed by atoms with E-state index in [1.54, 1.807) is 17.7 Å². The molecule has 1 fully saturated rings. The molecule has 17 heavy (non-hydrogen) atoms. The predicted molar refractivity (Wildman–Crippen MR) is 73.1 cm³/mol. The van der Waals surface area contributed by atoms with Crippen LogP contribution in [0.3, 0.4) is 0 Å². The molecule has 5 heteroatoms. The van der Waals surface area contributed by atoms with Gasteiger partial charge in [0.2, 0.25) is 0 Å². The third-order valence-corrected chi connectivity index (χ3v) is 4.49. The van der Waals surface area contributed by atoms with Gasteiger partial charge in [-0.2, -0.15) is 0 Å². The number of thiophene rings is 1. The molecule has 0 saturated heterocycles. The number of hydrogen-bond donors (Lipinski definition) is 0. The Kier molecular flexibility index (Phi) is 2.92. The summed E-state index contributed by atoms with van der Waals surface area (Å²) in [6, 6.07) is 2.09. The van der Waals surface area contributed by atoms with Crippen molar-refractivity contribution in [1.29, 1.82) is 0 Å². The molecule has 0 amide bonds. The van der Waals surface area contributed by atoms with Gasteiger partial charge in [0.25, 0.3) is 0 Å². The lowest BCUT2D eigenvalue weighted by Crippen LogP contribution is -2.35. The maximum absolute atomic E-state index is 6.01. The van der Waals surface area contributed by atoms with E-state index in [9.17, 15) is 0 Å². The molecule has 90 valence electrons. The maximum atomic E-state index is 6.01. The van der Waals surface area contributed by atoms with E-state index >= 15 is 0 Å². The molecule has 0 atom stereocenters. The standard InChI is InChI=1S/C12H14ClN3S/c1-16(6-8-4-9(13)5-8)11-10-2-3-17-12(10)15-7-14-11/h2-3,7-9H,4-6H2,1H3. The fourth-order valence-electron chi connectivity index (χ4n) is 2.36. The van der Waals surface area contributed by atoms with Crippen LogP contribution in [0.25, 0.3) is 10.2 Å². The summed E-state index contributed by atoms with van der Waals surface area (Å²) in [5.41, 5.74) is 0. The average molecular weight is 268 g/mol. The monoisotopic (exact) mass is 267 g/mol. The van der Waals surface area contributed by atoms with Crippen molar-refractivity contribution in [1.82, 2.24) is 9.97 Å². The van der Waals surface area contributed by atoms with Gasteiger partial charge in [-0.25, -0.2) is 9.97 Å².